The number of Topliss-reactive ketones (excluding diaryl/α,β-unsaturated/α-hetero) is 1. The van der Waals surface area contributed by atoms with Crippen LogP contribution in [-0.4, -0.2) is 24.0 Å². The van der Waals surface area contributed by atoms with Crippen molar-refractivity contribution in [2.75, 3.05) is 13.1 Å². The number of piperidine rings is 1. The minimum atomic E-state index is -0.888. The van der Waals surface area contributed by atoms with E-state index in [0.29, 0.717) is 18.5 Å². The van der Waals surface area contributed by atoms with Crippen LogP contribution in [0.1, 0.15) is 35.7 Å². The molecule has 0 amide bonds. The summed E-state index contributed by atoms with van der Waals surface area (Å²) in [5.74, 6) is 0.00889. The summed E-state index contributed by atoms with van der Waals surface area (Å²) in [4.78, 5) is 11.5. The zero-order valence-electron chi connectivity index (χ0n) is 9.49. The lowest BCUT2D eigenvalue weighted by molar-refractivity contribution is 0.0115. The van der Waals surface area contributed by atoms with Gasteiger partial charge in [0, 0.05) is 12.1 Å². The molecule has 0 aromatic heterocycles. The van der Waals surface area contributed by atoms with Gasteiger partial charge in [-0.05, 0) is 31.9 Å². The SMILES string of the molecule is CC(=O)c1ccccc1C1(O)CCCNC1. The predicted molar refractivity (Wildman–Crippen MR) is 62.4 cm³/mol. The van der Waals surface area contributed by atoms with Crippen molar-refractivity contribution in [2.24, 2.45) is 0 Å². The van der Waals surface area contributed by atoms with E-state index in [0.717, 1.165) is 18.5 Å². The molecule has 3 heteroatoms. The van der Waals surface area contributed by atoms with Gasteiger partial charge in [0.15, 0.2) is 5.78 Å². The summed E-state index contributed by atoms with van der Waals surface area (Å²) < 4.78 is 0. The molecule has 0 radical (unpaired) electrons. The van der Waals surface area contributed by atoms with E-state index in [1.807, 2.05) is 18.2 Å². The third-order valence-corrected chi connectivity index (χ3v) is 3.17. The highest BCUT2D eigenvalue weighted by atomic mass is 16.3. The number of rotatable bonds is 2. The van der Waals surface area contributed by atoms with Gasteiger partial charge in [0.05, 0.1) is 0 Å². The van der Waals surface area contributed by atoms with E-state index in [-0.39, 0.29) is 5.78 Å². The molecule has 1 aromatic carbocycles. The number of hydrogen-bond donors (Lipinski definition) is 2. The van der Waals surface area contributed by atoms with E-state index < -0.39 is 5.60 Å². The molecule has 1 heterocycles. The number of ketones is 1. The number of carbonyl (C=O) groups is 1. The Morgan fingerprint density at radius 1 is 1.44 bits per heavy atom. The molecule has 1 atom stereocenters. The zero-order chi connectivity index (χ0) is 11.6. The summed E-state index contributed by atoms with van der Waals surface area (Å²) in [5.41, 5.74) is 0.504. The van der Waals surface area contributed by atoms with Crippen molar-refractivity contribution in [1.29, 1.82) is 0 Å². The Balaban J connectivity index is 2.42. The second-order valence-corrected chi connectivity index (χ2v) is 4.41. The number of carbonyl (C=O) groups excluding carboxylic acids is 1. The lowest BCUT2D eigenvalue weighted by Crippen LogP contribution is -2.44. The molecule has 2 N–H and O–H groups in total. The first-order valence-corrected chi connectivity index (χ1v) is 5.67. The van der Waals surface area contributed by atoms with Crippen LogP contribution in [0.3, 0.4) is 0 Å². The second-order valence-electron chi connectivity index (χ2n) is 4.41. The standard InChI is InChI=1S/C13H17NO2/c1-10(15)11-5-2-3-6-12(11)13(16)7-4-8-14-9-13/h2-3,5-6,14,16H,4,7-9H2,1H3. The van der Waals surface area contributed by atoms with Gasteiger partial charge in [0.2, 0.25) is 0 Å². The van der Waals surface area contributed by atoms with Gasteiger partial charge >= 0.3 is 0 Å². The molecule has 16 heavy (non-hydrogen) atoms. The van der Waals surface area contributed by atoms with Crippen molar-refractivity contribution >= 4 is 5.78 Å². The third-order valence-electron chi connectivity index (χ3n) is 3.17. The van der Waals surface area contributed by atoms with Gasteiger partial charge in [-0.25, -0.2) is 0 Å². The Labute approximate surface area is 95.5 Å². The molecule has 0 saturated carbocycles. The minimum Gasteiger partial charge on any atom is -0.384 e. The second kappa shape index (κ2) is 4.36. The number of hydrogen-bond acceptors (Lipinski definition) is 3. The van der Waals surface area contributed by atoms with E-state index in [2.05, 4.69) is 5.32 Å². The molecule has 2 rings (SSSR count). The highest BCUT2D eigenvalue weighted by Crippen LogP contribution is 2.30. The summed E-state index contributed by atoms with van der Waals surface area (Å²) >= 11 is 0. The Hall–Kier alpha value is -1.19. The van der Waals surface area contributed by atoms with Gasteiger partial charge in [0.1, 0.15) is 5.60 Å². The van der Waals surface area contributed by atoms with Crippen molar-refractivity contribution in [3.63, 3.8) is 0 Å². The van der Waals surface area contributed by atoms with Crippen molar-refractivity contribution in [2.45, 2.75) is 25.4 Å². The maximum atomic E-state index is 11.5. The Bertz CT molecular complexity index is 395. The van der Waals surface area contributed by atoms with E-state index in [1.54, 1.807) is 13.0 Å². The molecule has 3 nitrogen and oxygen atoms in total. The summed E-state index contributed by atoms with van der Waals surface area (Å²) in [5, 5.41) is 13.7. The van der Waals surface area contributed by atoms with Crippen molar-refractivity contribution in [3.8, 4) is 0 Å². The van der Waals surface area contributed by atoms with E-state index in [9.17, 15) is 9.90 Å². The van der Waals surface area contributed by atoms with Crippen LogP contribution < -0.4 is 5.32 Å². The fourth-order valence-electron chi connectivity index (χ4n) is 2.32. The van der Waals surface area contributed by atoms with Gasteiger partial charge in [-0.3, -0.25) is 4.79 Å². The first-order valence-electron chi connectivity index (χ1n) is 5.67. The number of β-amino-alcohol motifs (C(OH)–C–C–N with tert-alkyl or cyclic N) is 1. The summed E-state index contributed by atoms with van der Waals surface area (Å²) in [6, 6.07) is 7.34. The Morgan fingerprint density at radius 2 is 2.19 bits per heavy atom. The average molecular weight is 219 g/mol. The van der Waals surface area contributed by atoms with E-state index >= 15 is 0 Å². The molecular formula is C13H17NO2. The quantitative estimate of drug-likeness (QED) is 0.740. The third kappa shape index (κ3) is 2.01. The van der Waals surface area contributed by atoms with Crippen LogP contribution in [0.25, 0.3) is 0 Å². The van der Waals surface area contributed by atoms with Crippen LogP contribution in [0.15, 0.2) is 24.3 Å². The highest BCUT2D eigenvalue weighted by Gasteiger charge is 2.33. The van der Waals surface area contributed by atoms with Crippen LogP contribution in [0.2, 0.25) is 0 Å². The molecule has 1 aliphatic heterocycles. The van der Waals surface area contributed by atoms with E-state index in [1.165, 1.54) is 0 Å². The largest absolute Gasteiger partial charge is 0.384 e. The fourth-order valence-corrected chi connectivity index (χ4v) is 2.32. The van der Waals surface area contributed by atoms with Gasteiger partial charge in [-0.15, -0.1) is 0 Å². The fraction of sp³-hybridized carbons (Fsp3) is 0.462. The number of aliphatic hydroxyl groups is 1. The maximum absolute atomic E-state index is 11.5. The Kier molecular flexibility index (Phi) is 3.08. The van der Waals surface area contributed by atoms with Crippen molar-refractivity contribution < 1.29 is 9.90 Å². The molecule has 1 fully saturated rings. The van der Waals surface area contributed by atoms with Gasteiger partial charge < -0.3 is 10.4 Å². The molecule has 0 aliphatic carbocycles. The van der Waals surface area contributed by atoms with E-state index in [4.69, 9.17) is 0 Å². The average Bonchev–Trinajstić information content (AvgIpc) is 2.30. The van der Waals surface area contributed by atoms with Crippen LogP contribution in [0, 0.1) is 0 Å². The maximum Gasteiger partial charge on any atom is 0.160 e. The van der Waals surface area contributed by atoms with Crippen LogP contribution in [-0.2, 0) is 5.60 Å². The Morgan fingerprint density at radius 3 is 2.81 bits per heavy atom. The lowest BCUT2D eigenvalue weighted by atomic mass is 9.83. The molecule has 86 valence electrons. The summed E-state index contributed by atoms with van der Waals surface area (Å²) in [6.45, 7) is 3.00. The summed E-state index contributed by atoms with van der Waals surface area (Å²) in [7, 11) is 0. The molecular weight excluding hydrogens is 202 g/mol. The molecule has 1 unspecified atom stereocenters. The number of benzene rings is 1. The zero-order valence-corrected chi connectivity index (χ0v) is 9.49. The first kappa shape index (κ1) is 11.3. The van der Waals surface area contributed by atoms with Crippen molar-refractivity contribution in [3.05, 3.63) is 35.4 Å². The van der Waals surface area contributed by atoms with Crippen LogP contribution in [0.5, 0.6) is 0 Å². The number of nitrogens with one attached hydrogen (secondary N) is 1. The van der Waals surface area contributed by atoms with Crippen LogP contribution >= 0.6 is 0 Å². The molecule has 1 aliphatic rings. The lowest BCUT2D eigenvalue weighted by Gasteiger charge is -2.34. The molecule has 1 aromatic rings. The van der Waals surface area contributed by atoms with Gasteiger partial charge in [-0.2, -0.15) is 0 Å². The highest BCUT2D eigenvalue weighted by molar-refractivity contribution is 5.95. The predicted octanol–water partition coefficient (Wildman–Crippen LogP) is 1.46. The molecule has 0 bridgehead atoms. The smallest absolute Gasteiger partial charge is 0.160 e. The molecule has 0 spiro atoms. The van der Waals surface area contributed by atoms with Gasteiger partial charge in [0.25, 0.3) is 0 Å². The monoisotopic (exact) mass is 219 g/mol. The first-order chi connectivity index (χ1) is 7.63. The topological polar surface area (TPSA) is 49.3 Å². The van der Waals surface area contributed by atoms with Gasteiger partial charge in [-0.1, -0.05) is 24.3 Å². The minimum absolute atomic E-state index is 0.00889. The molecule has 1 saturated heterocycles. The van der Waals surface area contributed by atoms with Crippen molar-refractivity contribution in [1.82, 2.24) is 5.32 Å². The normalized spacial score (nSPS) is 25.4. The van der Waals surface area contributed by atoms with Crippen LogP contribution in [0.4, 0.5) is 0 Å². The summed E-state index contributed by atoms with van der Waals surface area (Å²) in [6.07, 6.45) is 1.65.